The highest BCUT2D eigenvalue weighted by Gasteiger charge is 2.10. The Morgan fingerprint density at radius 3 is 2.48 bits per heavy atom. The predicted octanol–water partition coefficient (Wildman–Crippen LogP) is 3.95. The molecule has 1 amide bonds. The Morgan fingerprint density at radius 1 is 1.13 bits per heavy atom. The second kappa shape index (κ2) is 7.93. The molecule has 0 unspecified atom stereocenters. The summed E-state index contributed by atoms with van der Waals surface area (Å²) in [6, 6.07) is 13.1. The van der Waals surface area contributed by atoms with Crippen molar-refractivity contribution in [3.8, 4) is 11.5 Å². The van der Waals surface area contributed by atoms with Crippen molar-refractivity contribution in [1.29, 1.82) is 0 Å². The van der Waals surface area contributed by atoms with Gasteiger partial charge in [0, 0.05) is 6.08 Å². The number of hydrogen-bond donors (Lipinski definition) is 1. The standard InChI is InChI=1S/C17H15F2NO3/c1-22-13-9-6-12(7-10-13)8-11-16(21)20-14-4-2-3-5-15(14)23-17(18)19/h2-11,17H,1H3,(H,20,21)/b11-8+. The normalized spacial score (nSPS) is 10.8. The summed E-state index contributed by atoms with van der Waals surface area (Å²) in [5, 5.41) is 2.50. The lowest BCUT2D eigenvalue weighted by atomic mass is 10.2. The molecule has 0 aliphatic heterocycles. The highest BCUT2D eigenvalue weighted by Crippen LogP contribution is 2.25. The van der Waals surface area contributed by atoms with Crippen LogP contribution < -0.4 is 14.8 Å². The summed E-state index contributed by atoms with van der Waals surface area (Å²) in [6.07, 6.45) is 2.91. The van der Waals surface area contributed by atoms with Gasteiger partial charge in [-0.25, -0.2) is 0 Å². The third-order valence-corrected chi connectivity index (χ3v) is 2.90. The second-order valence-electron chi connectivity index (χ2n) is 4.47. The summed E-state index contributed by atoms with van der Waals surface area (Å²) in [4.78, 5) is 11.9. The van der Waals surface area contributed by atoms with E-state index in [2.05, 4.69) is 10.1 Å². The van der Waals surface area contributed by atoms with E-state index in [9.17, 15) is 13.6 Å². The van der Waals surface area contributed by atoms with E-state index in [4.69, 9.17) is 4.74 Å². The maximum absolute atomic E-state index is 12.3. The van der Waals surface area contributed by atoms with Crippen LogP contribution in [0.25, 0.3) is 6.08 Å². The zero-order chi connectivity index (χ0) is 16.7. The summed E-state index contributed by atoms with van der Waals surface area (Å²) < 4.78 is 34.0. The molecule has 0 bridgehead atoms. The number of nitrogens with one attached hydrogen (secondary N) is 1. The van der Waals surface area contributed by atoms with E-state index in [-0.39, 0.29) is 11.4 Å². The molecule has 120 valence electrons. The predicted molar refractivity (Wildman–Crippen MR) is 83.7 cm³/mol. The summed E-state index contributed by atoms with van der Waals surface area (Å²) >= 11 is 0. The van der Waals surface area contributed by atoms with E-state index in [1.807, 2.05) is 0 Å². The molecule has 2 aromatic rings. The lowest BCUT2D eigenvalue weighted by Crippen LogP contribution is -2.11. The minimum atomic E-state index is -2.96. The van der Waals surface area contributed by atoms with Gasteiger partial charge >= 0.3 is 6.61 Å². The lowest BCUT2D eigenvalue weighted by Gasteiger charge is -2.10. The first kappa shape index (κ1) is 16.5. The number of alkyl halides is 2. The smallest absolute Gasteiger partial charge is 0.387 e. The van der Waals surface area contributed by atoms with Crippen LogP contribution in [0.4, 0.5) is 14.5 Å². The lowest BCUT2D eigenvalue weighted by molar-refractivity contribution is -0.111. The number of rotatable bonds is 6. The molecule has 6 heteroatoms. The fraction of sp³-hybridized carbons (Fsp3) is 0.118. The maximum Gasteiger partial charge on any atom is 0.387 e. The summed E-state index contributed by atoms with van der Waals surface area (Å²) in [7, 11) is 1.57. The van der Waals surface area contributed by atoms with Crippen molar-refractivity contribution in [3.63, 3.8) is 0 Å². The number of halogens is 2. The van der Waals surface area contributed by atoms with Crippen molar-refractivity contribution in [2.45, 2.75) is 6.61 Å². The van der Waals surface area contributed by atoms with Crippen LogP contribution in [0.1, 0.15) is 5.56 Å². The van der Waals surface area contributed by atoms with Gasteiger partial charge in [0.2, 0.25) is 5.91 Å². The molecule has 0 radical (unpaired) electrons. The molecule has 4 nitrogen and oxygen atoms in total. The molecular weight excluding hydrogens is 304 g/mol. The van der Waals surface area contributed by atoms with E-state index < -0.39 is 12.5 Å². The fourth-order valence-electron chi connectivity index (χ4n) is 1.83. The monoisotopic (exact) mass is 319 g/mol. The van der Waals surface area contributed by atoms with Gasteiger partial charge in [0.25, 0.3) is 0 Å². The average Bonchev–Trinajstić information content (AvgIpc) is 2.55. The number of methoxy groups -OCH3 is 1. The first-order valence-corrected chi connectivity index (χ1v) is 6.75. The van der Waals surface area contributed by atoms with Crippen molar-refractivity contribution >= 4 is 17.7 Å². The number of carbonyl (C=O) groups is 1. The molecule has 1 N–H and O–H groups in total. The van der Waals surface area contributed by atoms with E-state index in [1.165, 1.54) is 18.2 Å². The Kier molecular flexibility index (Phi) is 5.68. The van der Waals surface area contributed by atoms with Crippen molar-refractivity contribution in [2.24, 2.45) is 0 Å². The highest BCUT2D eigenvalue weighted by atomic mass is 19.3. The van der Waals surface area contributed by atoms with Gasteiger partial charge in [-0.05, 0) is 35.9 Å². The first-order chi connectivity index (χ1) is 11.1. The van der Waals surface area contributed by atoms with E-state index in [1.54, 1.807) is 49.6 Å². The molecule has 0 saturated carbocycles. The minimum Gasteiger partial charge on any atom is -0.497 e. The fourth-order valence-corrected chi connectivity index (χ4v) is 1.83. The molecular formula is C17H15F2NO3. The molecule has 2 rings (SSSR count). The Bertz CT molecular complexity index is 684. The zero-order valence-corrected chi connectivity index (χ0v) is 12.3. The van der Waals surface area contributed by atoms with E-state index in [0.717, 1.165) is 5.56 Å². The topological polar surface area (TPSA) is 47.6 Å². The average molecular weight is 319 g/mol. The second-order valence-corrected chi connectivity index (χ2v) is 4.47. The summed E-state index contributed by atoms with van der Waals surface area (Å²) in [6.45, 7) is -2.96. The molecule has 0 spiro atoms. The molecule has 0 atom stereocenters. The van der Waals surface area contributed by atoms with Crippen molar-refractivity contribution in [2.75, 3.05) is 12.4 Å². The van der Waals surface area contributed by atoms with Crippen molar-refractivity contribution < 1.29 is 23.0 Å². The van der Waals surface area contributed by atoms with Gasteiger partial charge in [-0.3, -0.25) is 4.79 Å². The van der Waals surface area contributed by atoms with Gasteiger partial charge in [0.05, 0.1) is 12.8 Å². The molecule has 2 aromatic carbocycles. The Hall–Kier alpha value is -2.89. The number of amides is 1. The van der Waals surface area contributed by atoms with Crippen LogP contribution in [0, 0.1) is 0 Å². The van der Waals surface area contributed by atoms with Crippen molar-refractivity contribution in [1.82, 2.24) is 0 Å². The SMILES string of the molecule is COc1ccc(/C=C/C(=O)Nc2ccccc2OC(F)F)cc1. The number of para-hydroxylation sites is 2. The quantitative estimate of drug-likeness (QED) is 0.820. The number of carbonyl (C=O) groups excluding carboxylic acids is 1. The molecule has 0 fully saturated rings. The first-order valence-electron chi connectivity index (χ1n) is 6.75. The molecule has 0 aliphatic rings. The van der Waals surface area contributed by atoms with Crippen LogP contribution in [0.3, 0.4) is 0 Å². The van der Waals surface area contributed by atoms with E-state index in [0.29, 0.717) is 5.75 Å². The van der Waals surface area contributed by atoms with Gasteiger partial charge in [-0.2, -0.15) is 8.78 Å². The molecule has 0 aliphatic carbocycles. The Balaban J connectivity index is 2.02. The highest BCUT2D eigenvalue weighted by molar-refractivity contribution is 6.02. The number of ether oxygens (including phenoxy) is 2. The van der Waals surface area contributed by atoms with Crippen LogP contribution in [0.5, 0.6) is 11.5 Å². The van der Waals surface area contributed by atoms with Crippen LogP contribution in [0.2, 0.25) is 0 Å². The molecule has 23 heavy (non-hydrogen) atoms. The van der Waals surface area contributed by atoms with Gasteiger partial charge in [-0.1, -0.05) is 24.3 Å². The number of benzene rings is 2. The minimum absolute atomic E-state index is 0.0892. The number of hydrogen-bond acceptors (Lipinski definition) is 3. The van der Waals surface area contributed by atoms with Gasteiger partial charge < -0.3 is 14.8 Å². The molecule has 0 saturated heterocycles. The van der Waals surface area contributed by atoms with Crippen LogP contribution in [-0.4, -0.2) is 19.6 Å². The third kappa shape index (κ3) is 5.10. The summed E-state index contributed by atoms with van der Waals surface area (Å²) in [5.41, 5.74) is 0.982. The van der Waals surface area contributed by atoms with Crippen LogP contribution >= 0.6 is 0 Å². The van der Waals surface area contributed by atoms with E-state index >= 15 is 0 Å². The maximum atomic E-state index is 12.3. The molecule has 0 aromatic heterocycles. The number of anilines is 1. The Labute approximate surface area is 132 Å². The van der Waals surface area contributed by atoms with Crippen LogP contribution in [-0.2, 0) is 4.79 Å². The summed E-state index contributed by atoms with van der Waals surface area (Å²) in [5.74, 6) is 0.171. The van der Waals surface area contributed by atoms with Gasteiger partial charge in [0.15, 0.2) is 0 Å². The third-order valence-electron chi connectivity index (χ3n) is 2.90. The largest absolute Gasteiger partial charge is 0.497 e. The van der Waals surface area contributed by atoms with Gasteiger partial charge in [-0.15, -0.1) is 0 Å². The van der Waals surface area contributed by atoms with Crippen LogP contribution in [0.15, 0.2) is 54.6 Å². The zero-order valence-electron chi connectivity index (χ0n) is 12.3. The van der Waals surface area contributed by atoms with Gasteiger partial charge in [0.1, 0.15) is 11.5 Å². The molecule has 0 heterocycles. The Morgan fingerprint density at radius 2 is 1.83 bits per heavy atom. The van der Waals surface area contributed by atoms with Crippen molar-refractivity contribution in [3.05, 3.63) is 60.2 Å².